The highest BCUT2D eigenvalue weighted by Gasteiger charge is 2.17. The number of carbonyl (C=O) groups excluding carboxylic acids is 1. The normalized spacial score (nSPS) is 11.6. The lowest BCUT2D eigenvalue weighted by molar-refractivity contribution is 0.0696. The van der Waals surface area contributed by atoms with E-state index >= 15 is 0 Å². The van der Waals surface area contributed by atoms with Crippen LogP contribution in [0.3, 0.4) is 0 Å². The van der Waals surface area contributed by atoms with E-state index < -0.39 is 11.9 Å². The molecule has 0 spiro atoms. The zero-order valence-electron chi connectivity index (χ0n) is 15.9. The molecule has 1 atom stereocenters. The van der Waals surface area contributed by atoms with E-state index in [1.54, 1.807) is 19.1 Å². The molecule has 1 amide bonds. The molecule has 1 heterocycles. The van der Waals surface area contributed by atoms with Gasteiger partial charge in [0, 0.05) is 6.20 Å². The highest BCUT2D eigenvalue weighted by atomic mass is 35.5. The standard InChI is InChI=1S/C22H18ClFN2O4/c1-13(14-2-4-15(5-3-14)22(28)29)26-21(27)19-10-16(23)11-25-20(19)12-30-18-8-6-17(24)7-9-18/h2-11,13H,12H2,1H3,(H,26,27)(H,28,29). The third-order valence-electron chi connectivity index (χ3n) is 4.38. The second-order valence-corrected chi connectivity index (χ2v) is 6.95. The van der Waals surface area contributed by atoms with Crippen molar-refractivity contribution in [2.45, 2.75) is 19.6 Å². The fraction of sp³-hybridized carbons (Fsp3) is 0.136. The summed E-state index contributed by atoms with van der Waals surface area (Å²) in [5, 5.41) is 12.1. The molecular formula is C22H18ClFN2O4. The SMILES string of the molecule is CC(NC(=O)c1cc(Cl)cnc1COc1ccc(F)cc1)c1ccc(C(=O)O)cc1. The quantitative estimate of drug-likeness (QED) is 0.572. The summed E-state index contributed by atoms with van der Waals surface area (Å²) in [6.07, 6.45) is 1.41. The number of aromatic nitrogens is 1. The van der Waals surface area contributed by atoms with Gasteiger partial charge in [-0.3, -0.25) is 9.78 Å². The Morgan fingerprint density at radius 1 is 1.17 bits per heavy atom. The molecule has 0 aliphatic carbocycles. The Morgan fingerprint density at radius 3 is 2.47 bits per heavy atom. The minimum Gasteiger partial charge on any atom is -0.487 e. The van der Waals surface area contributed by atoms with Gasteiger partial charge < -0.3 is 15.2 Å². The molecule has 2 aromatic carbocycles. The van der Waals surface area contributed by atoms with Crippen LogP contribution in [-0.2, 0) is 6.61 Å². The van der Waals surface area contributed by atoms with Crippen LogP contribution in [0.5, 0.6) is 5.75 Å². The third-order valence-corrected chi connectivity index (χ3v) is 4.58. The first kappa shape index (κ1) is 21.3. The minimum atomic E-state index is -1.02. The van der Waals surface area contributed by atoms with E-state index in [-0.39, 0.29) is 29.6 Å². The molecule has 0 saturated carbocycles. The van der Waals surface area contributed by atoms with Crippen LogP contribution in [0, 0.1) is 5.82 Å². The van der Waals surface area contributed by atoms with E-state index in [4.69, 9.17) is 21.4 Å². The Kier molecular flexibility index (Phi) is 6.64. The Morgan fingerprint density at radius 2 is 1.83 bits per heavy atom. The van der Waals surface area contributed by atoms with E-state index in [9.17, 15) is 14.0 Å². The molecule has 2 N–H and O–H groups in total. The summed E-state index contributed by atoms with van der Waals surface area (Å²) in [7, 11) is 0. The van der Waals surface area contributed by atoms with Gasteiger partial charge in [-0.1, -0.05) is 23.7 Å². The number of amides is 1. The van der Waals surface area contributed by atoms with Crippen LogP contribution >= 0.6 is 11.6 Å². The van der Waals surface area contributed by atoms with Crippen molar-refractivity contribution in [3.05, 3.63) is 94.0 Å². The van der Waals surface area contributed by atoms with Crippen molar-refractivity contribution in [1.29, 1.82) is 0 Å². The van der Waals surface area contributed by atoms with Crippen molar-refractivity contribution < 1.29 is 23.8 Å². The van der Waals surface area contributed by atoms with Gasteiger partial charge in [0.15, 0.2) is 0 Å². The molecular weight excluding hydrogens is 411 g/mol. The van der Waals surface area contributed by atoms with Crippen molar-refractivity contribution in [2.24, 2.45) is 0 Å². The molecule has 0 saturated heterocycles. The number of ether oxygens (including phenoxy) is 1. The predicted molar refractivity (Wildman–Crippen MR) is 109 cm³/mol. The highest BCUT2D eigenvalue weighted by molar-refractivity contribution is 6.30. The maximum atomic E-state index is 13.0. The first-order valence-corrected chi connectivity index (χ1v) is 9.38. The van der Waals surface area contributed by atoms with Crippen LogP contribution in [0.1, 0.15) is 44.9 Å². The maximum Gasteiger partial charge on any atom is 0.335 e. The number of benzene rings is 2. The monoisotopic (exact) mass is 428 g/mol. The van der Waals surface area contributed by atoms with Gasteiger partial charge in [-0.25, -0.2) is 9.18 Å². The lowest BCUT2D eigenvalue weighted by Gasteiger charge is -2.16. The molecule has 6 nitrogen and oxygen atoms in total. The van der Waals surface area contributed by atoms with Crippen LogP contribution in [0.4, 0.5) is 4.39 Å². The lowest BCUT2D eigenvalue weighted by Crippen LogP contribution is -2.28. The number of carbonyl (C=O) groups is 2. The Bertz CT molecular complexity index is 1060. The van der Waals surface area contributed by atoms with Crippen molar-refractivity contribution in [3.8, 4) is 5.75 Å². The molecule has 1 aromatic heterocycles. The topological polar surface area (TPSA) is 88.5 Å². The van der Waals surface area contributed by atoms with Gasteiger partial charge in [0.2, 0.25) is 0 Å². The van der Waals surface area contributed by atoms with Gasteiger partial charge in [0.25, 0.3) is 5.91 Å². The van der Waals surface area contributed by atoms with Gasteiger partial charge in [0.1, 0.15) is 18.2 Å². The summed E-state index contributed by atoms with van der Waals surface area (Å²) in [4.78, 5) is 28.0. The summed E-state index contributed by atoms with van der Waals surface area (Å²) in [5.74, 6) is -1.37. The summed E-state index contributed by atoms with van der Waals surface area (Å²) < 4.78 is 18.6. The predicted octanol–water partition coefficient (Wildman–Crippen LogP) is 4.64. The number of hydrogen-bond acceptors (Lipinski definition) is 4. The molecule has 154 valence electrons. The summed E-state index contributed by atoms with van der Waals surface area (Å²) in [6, 6.07) is 12.9. The van der Waals surface area contributed by atoms with E-state index in [1.807, 2.05) is 0 Å². The number of aromatic carboxylic acids is 1. The molecule has 0 fully saturated rings. The van der Waals surface area contributed by atoms with Gasteiger partial charge >= 0.3 is 5.97 Å². The van der Waals surface area contributed by atoms with Crippen LogP contribution in [-0.4, -0.2) is 22.0 Å². The Labute approximate surface area is 177 Å². The number of pyridine rings is 1. The van der Waals surface area contributed by atoms with Crippen LogP contribution in [0.25, 0.3) is 0 Å². The van der Waals surface area contributed by atoms with Crippen molar-refractivity contribution in [3.63, 3.8) is 0 Å². The van der Waals surface area contributed by atoms with Crippen molar-refractivity contribution in [2.75, 3.05) is 0 Å². The summed E-state index contributed by atoms with van der Waals surface area (Å²) in [6.45, 7) is 1.77. The van der Waals surface area contributed by atoms with E-state index in [1.165, 1.54) is 48.7 Å². The molecule has 0 bridgehead atoms. The highest BCUT2D eigenvalue weighted by Crippen LogP contribution is 2.19. The summed E-state index contributed by atoms with van der Waals surface area (Å²) in [5.41, 5.74) is 1.53. The van der Waals surface area contributed by atoms with E-state index in [2.05, 4.69) is 10.3 Å². The second-order valence-electron chi connectivity index (χ2n) is 6.51. The molecule has 3 rings (SSSR count). The molecule has 3 aromatic rings. The Balaban J connectivity index is 1.73. The number of carboxylic acids is 1. The molecule has 1 unspecified atom stereocenters. The summed E-state index contributed by atoms with van der Waals surface area (Å²) >= 11 is 6.02. The Hall–Kier alpha value is -3.45. The van der Waals surface area contributed by atoms with Gasteiger partial charge in [-0.2, -0.15) is 0 Å². The minimum absolute atomic E-state index is 0.00670. The number of carboxylic acid groups (broad SMARTS) is 1. The van der Waals surface area contributed by atoms with E-state index in [0.29, 0.717) is 16.5 Å². The van der Waals surface area contributed by atoms with Gasteiger partial charge in [-0.15, -0.1) is 0 Å². The first-order valence-electron chi connectivity index (χ1n) is 9.00. The largest absolute Gasteiger partial charge is 0.487 e. The maximum absolute atomic E-state index is 13.0. The average Bonchev–Trinajstić information content (AvgIpc) is 2.74. The van der Waals surface area contributed by atoms with Gasteiger partial charge in [-0.05, 0) is 55.0 Å². The molecule has 0 aliphatic heterocycles. The smallest absolute Gasteiger partial charge is 0.335 e. The molecule has 0 aliphatic rings. The van der Waals surface area contributed by atoms with Crippen LogP contribution in [0.2, 0.25) is 5.02 Å². The van der Waals surface area contributed by atoms with E-state index in [0.717, 1.165) is 5.56 Å². The molecule has 0 radical (unpaired) electrons. The second kappa shape index (κ2) is 9.37. The fourth-order valence-corrected chi connectivity index (χ4v) is 2.89. The number of hydrogen-bond donors (Lipinski definition) is 2. The number of rotatable bonds is 7. The number of nitrogens with zero attached hydrogens (tertiary/aromatic N) is 1. The fourth-order valence-electron chi connectivity index (χ4n) is 2.73. The van der Waals surface area contributed by atoms with Crippen LogP contribution < -0.4 is 10.1 Å². The zero-order valence-corrected chi connectivity index (χ0v) is 16.7. The number of nitrogens with one attached hydrogen (secondary N) is 1. The zero-order chi connectivity index (χ0) is 21.7. The van der Waals surface area contributed by atoms with Crippen molar-refractivity contribution >= 4 is 23.5 Å². The van der Waals surface area contributed by atoms with Crippen molar-refractivity contribution in [1.82, 2.24) is 10.3 Å². The van der Waals surface area contributed by atoms with Gasteiger partial charge in [0.05, 0.1) is 27.9 Å². The molecule has 8 heteroatoms. The lowest BCUT2D eigenvalue weighted by atomic mass is 10.1. The van der Waals surface area contributed by atoms with Crippen LogP contribution in [0.15, 0.2) is 60.8 Å². The average molecular weight is 429 g/mol. The molecule has 30 heavy (non-hydrogen) atoms. The first-order chi connectivity index (χ1) is 14.3. The third kappa shape index (κ3) is 5.33. The number of halogens is 2.